The molecule has 1 atom stereocenters. The number of aliphatic carboxylic acids is 1. The first kappa shape index (κ1) is 14.6. The molecule has 5 heteroatoms. The number of carbonyl (C=O) groups is 2. The first-order valence-corrected chi connectivity index (χ1v) is 7.44. The van der Waals surface area contributed by atoms with E-state index in [1.54, 1.807) is 11.2 Å². The first-order valence-electron chi connectivity index (χ1n) is 7.44. The van der Waals surface area contributed by atoms with E-state index < -0.39 is 11.9 Å². The van der Waals surface area contributed by atoms with Crippen LogP contribution in [0.4, 0.5) is 0 Å². The zero-order chi connectivity index (χ0) is 15.9. The van der Waals surface area contributed by atoms with E-state index in [2.05, 4.69) is 0 Å². The van der Waals surface area contributed by atoms with E-state index in [0.717, 1.165) is 27.7 Å². The number of fused-ring (bicyclic) bond motifs is 1. The minimum absolute atomic E-state index is 0.0373. The Morgan fingerprint density at radius 1 is 1.36 bits per heavy atom. The summed E-state index contributed by atoms with van der Waals surface area (Å²) in [6, 6.07) is 4.01. The molecule has 1 aliphatic heterocycles. The summed E-state index contributed by atoms with van der Waals surface area (Å²) in [6.45, 7) is 4.86. The molecular weight excluding hydrogens is 282 g/mol. The number of carbonyl (C=O) groups excluding carboxylic acids is 1. The van der Waals surface area contributed by atoms with Crippen molar-refractivity contribution in [2.45, 2.75) is 26.7 Å². The summed E-state index contributed by atoms with van der Waals surface area (Å²) in [5.41, 5.74) is 3.93. The van der Waals surface area contributed by atoms with Gasteiger partial charge < -0.3 is 14.4 Å². The topological polar surface area (TPSA) is 70.8 Å². The molecule has 2 heterocycles. The van der Waals surface area contributed by atoms with E-state index in [9.17, 15) is 9.59 Å². The summed E-state index contributed by atoms with van der Waals surface area (Å²) in [7, 11) is 0. The molecule has 0 saturated carbocycles. The Balaban J connectivity index is 1.78. The van der Waals surface area contributed by atoms with E-state index in [1.807, 2.05) is 26.0 Å². The highest BCUT2D eigenvalue weighted by atomic mass is 16.4. The maximum atomic E-state index is 12.4. The molecule has 0 radical (unpaired) electrons. The number of aryl methyl sites for hydroxylation is 2. The van der Waals surface area contributed by atoms with E-state index in [-0.39, 0.29) is 12.3 Å². The summed E-state index contributed by atoms with van der Waals surface area (Å²) < 4.78 is 5.62. The normalized spacial score (nSPS) is 18.1. The van der Waals surface area contributed by atoms with Gasteiger partial charge in [-0.1, -0.05) is 12.1 Å². The van der Waals surface area contributed by atoms with Crippen LogP contribution in [0.2, 0.25) is 0 Å². The standard InChI is InChI=1S/C17H19NO4/c1-10-3-4-14-13(9-22-16(14)11(10)2)7-15(19)18-6-5-12(8-18)17(20)21/h3-4,9,12H,5-8H2,1-2H3,(H,20,21)/t12-/m1/s1. The van der Waals surface area contributed by atoms with Crippen LogP contribution in [0.1, 0.15) is 23.1 Å². The lowest BCUT2D eigenvalue weighted by Gasteiger charge is -2.15. The largest absolute Gasteiger partial charge is 0.481 e. The predicted octanol–water partition coefficient (Wildman–Crippen LogP) is 2.53. The van der Waals surface area contributed by atoms with Gasteiger partial charge in [0.2, 0.25) is 5.91 Å². The molecule has 0 unspecified atom stereocenters. The summed E-state index contributed by atoms with van der Waals surface area (Å²) in [4.78, 5) is 25.0. The third kappa shape index (κ3) is 2.47. The van der Waals surface area contributed by atoms with Gasteiger partial charge in [0.05, 0.1) is 18.6 Å². The highest BCUT2D eigenvalue weighted by Gasteiger charge is 2.31. The third-order valence-electron chi connectivity index (χ3n) is 4.57. The summed E-state index contributed by atoms with van der Waals surface area (Å²) >= 11 is 0. The molecule has 5 nitrogen and oxygen atoms in total. The number of nitrogens with zero attached hydrogens (tertiary/aromatic N) is 1. The molecule has 1 fully saturated rings. The quantitative estimate of drug-likeness (QED) is 0.945. The number of hydrogen-bond donors (Lipinski definition) is 1. The molecule has 1 N–H and O–H groups in total. The second kappa shape index (κ2) is 5.48. The number of benzene rings is 1. The lowest BCUT2D eigenvalue weighted by molar-refractivity contribution is -0.141. The van der Waals surface area contributed by atoms with Crippen molar-refractivity contribution < 1.29 is 19.1 Å². The maximum absolute atomic E-state index is 12.4. The van der Waals surface area contributed by atoms with Crippen molar-refractivity contribution in [3.05, 3.63) is 35.1 Å². The van der Waals surface area contributed by atoms with Crippen LogP contribution in [0.3, 0.4) is 0 Å². The molecular formula is C17H19NO4. The van der Waals surface area contributed by atoms with Crippen LogP contribution < -0.4 is 0 Å². The van der Waals surface area contributed by atoms with E-state index >= 15 is 0 Å². The minimum Gasteiger partial charge on any atom is -0.481 e. The Morgan fingerprint density at radius 3 is 2.82 bits per heavy atom. The van der Waals surface area contributed by atoms with Gasteiger partial charge in [-0.15, -0.1) is 0 Å². The molecule has 1 aromatic carbocycles. The van der Waals surface area contributed by atoms with Crippen molar-refractivity contribution in [3.63, 3.8) is 0 Å². The fourth-order valence-corrected chi connectivity index (χ4v) is 2.99. The molecule has 3 rings (SSSR count). The first-order chi connectivity index (χ1) is 10.5. The smallest absolute Gasteiger partial charge is 0.308 e. The second-order valence-electron chi connectivity index (χ2n) is 5.99. The Hall–Kier alpha value is -2.30. The van der Waals surface area contributed by atoms with Crippen LogP contribution in [-0.2, 0) is 16.0 Å². The van der Waals surface area contributed by atoms with Gasteiger partial charge in [0.1, 0.15) is 5.58 Å². The fourth-order valence-electron chi connectivity index (χ4n) is 2.99. The van der Waals surface area contributed by atoms with Gasteiger partial charge in [-0.25, -0.2) is 0 Å². The molecule has 116 valence electrons. The van der Waals surface area contributed by atoms with E-state index in [1.165, 1.54) is 0 Å². The molecule has 1 amide bonds. The van der Waals surface area contributed by atoms with Crippen molar-refractivity contribution in [1.82, 2.24) is 4.90 Å². The minimum atomic E-state index is -0.824. The molecule has 1 aliphatic rings. The molecule has 0 spiro atoms. The number of likely N-dealkylation sites (tertiary alicyclic amines) is 1. The third-order valence-corrected chi connectivity index (χ3v) is 4.57. The van der Waals surface area contributed by atoms with Gasteiger partial charge in [-0.3, -0.25) is 9.59 Å². The number of amides is 1. The number of carboxylic acids is 1. The molecule has 1 aromatic heterocycles. The van der Waals surface area contributed by atoms with Crippen molar-refractivity contribution >= 4 is 22.8 Å². The Bertz CT molecular complexity index is 746. The van der Waals surface area contributed by atoms with Crippen LogP contribution in [0.15, 0.2) is 22.8 Å². The highest BCUT2D eigenvalue weighted by Crippen LogP contribution is 2.27. The molecule has 1 saturated heterocycles. The lowest BCUT2D eigenvalue weighted by Crippen LogP contribution is -2.31. The Labute approximate surface area is 128 Å². The van der Waals surface area contributed by atoms with Crippen LogP contribution in [-0.4, -0.2) is 35.0 Å². The van der Waals surface area contributed by atoms with Gasteiger partial charge in [-0.05, 0) is 31.4 Å². The van der Waals surface area contributed by atoms with Gasteiger partial charge >= 0.3 is 5.97 Å². The highest BCUT2D eigenvalue weighted by molar-refractivity contribution is 5.90. The van der Waals surface area contributed by atoms with Crippen LogP contribution in [0, 0.1) is 19.8 Å². The maximum Gasteiger partial charge on any atom is 0.308 e. The van der Waals surface area contributed by atoms with Gasteiger partial charge in [0.15, 0.2) is 0 Å². The molecule has 0 aliphatic carbocycles. The van der Waals surface area contributed by atoms with Crippen molar-refractivity contribution in [3.8, 4) is 0 Å². The van der Waals surface area contributed by atoms with Gasteiger partial charge in [-0.2, -0.15) is 0 Å². The average Bonchev–Trinajstić information content (AvgIpc) is 3.10. The summed E-state index contributed by atoms with van der Waals surface area (Å²) in [6.07, 6.45) is 2.42. The van der Waals surface area contributed by atoms with Crippen molar-refractivity contribution in [1.29, 1.82) is 0 Å². The fraction of sp³-hybridized carbons (Fsp3) is 0.412. The van der Waals surface area contributed by atoms with E-state index in [0.29, 0.717) is 19.5 Å². The van der Waals surface area contributed by atoms with Gasteiger partial charge in [0, 0.05) is 24.0 Å². The Morgan fingerprint density at radius 2 is 2.14 bits per heavy atom. The number of rotatable bonds is 3. The zero-order valence-electron chi connectivity index (χ0n) is 12.8. The van der Waals surface area contributed by atoms with Crippen LogP contribution >= 0.6 is 0 Å². The summed E-state index contributed by atoms with van der Waals surface area (Å²) in [5.74, 6) is -1.30. The average molecular weight is 301 g/mol. The number of furan rings is 1. The van der Waals surface area contributed by atoms with Gasteiger partial charge in [0.25, 0.3) is 0 Å². The van der Waals surface area contributed by atoms with Crippen molar-refractivity contribution in [2.75, 3.05) is 13.1 Å². The lowest BCUT2D eigenvalue weighted by atomic mass is 10.0. The number of carboxylic acid groups (broad SMARTS) is 1. The SMILES string of the molecule is Cc1ccc2c(CC(=O)N3CC[C@@H](C(=O)O)C3)coc2c1C. The van der Waals surface area contributed by atoms with Crippen LogP contribution in [0.5, 0.6) is 0 Å². The Kier molecular flexibility index (Phi) is 3.64. The van der Waals surface area contributed by atoms with Crippen LogP contribution in [0.25, 0.3) is 11.0 Å². The monoisotopic (exact) mass is 301 g/mol. The zero-order valence-corrected chi connectivity index (χ0v) is 12.8. The predicted molar refractivity (Wildman–Crippen MR) is 81.7 cm³/mol. The number of hydrogen-bond acceptors (Lipinski definition) is 3. The molecule has 0 bridgehead atoms. The van der Waals surface area contributed by atoms with Crippen molar-refractivity contribution in [2.24, 2.45) is 5.92 Å². The molecule has 2 aromatic rings. The summed E-state index contributed by atoms with van der Waals surface area (Å²) in [5, 5.41) is 9.98. The molecule has 22 heavy (non-hydrogen) atoms. The van der Waals surface area contributed by atoms with E-state index in [4.69, 9.17) is 9.52 Å². The second-order valence-corrected chi connectivity index (χ2v) is 5.99.